The van der Waals surface area contributed by atoms with Crippen molar-refractivity contribution in [1.82, 2.24) is 9.21 Å². The summed E-state index contributed by atoms with van der Waals surface area (Å²) in [4.78, 5) is 2.64. The van der Waals surface area contributed by atoms with Gasteiger partial charge in [0.25, 0.3) is 0 Å². The van der Waals surface area contributed by atoms with Crippen LogP contribution >= 0.6 is 0 Å². The Morgan fingerprint density at radius 1 is 1.10 bits per heavy atom. The molecule has 1 aromatic carbocycles. The first-order chi connectivity index (χ1) is 9.73. The average Bonchev–Trinajstić information content (AvgIpc) is 2.42. The van der Waals surface area contributed by atoms with Crippen molar-refractivity contribution < 1.29 is 8.42 Å². The van der Waals surface area contributed by atoms with Crippen LogP contribution in [0, 0.1) is 13.8 Å². The van der Waals surface area contributed by atoms with Gasteiger partial charge >= 0.3 is 0 Å². The van der Waals surface area contributed by atoms with Crippen molar-refractivity contribution in [1.29, 1.82) is 0 Å². The van der Waals surface area contributed by atoms with Gasteiger partial charge in [-0.3, -0.25) is 4.90 Å². The summed E-state index contributed by atoms with van der Waals surface area (Å²) >= 11 is 0. The van der Waals surface area contributed by atoms with Crippen molar-refractivity contribution in [2.75, 3.05) is 31.9 Å². The Hall–Kier alpha value is -1.11. The maximum absolute atomic E-state index is 12.8. The molecule has 1 aliphatic heterocycles. The van der Waals surface area contributed by atoms with Crippen LogP contribution in [-0.2, 0) is 10.0 Å². The van der Waals surface area contributed by atoms with Gasteiger partial charge in [-0.1, -0.05) is 0 Å². The molecule has 0 radical (unpaired) electrons. The van der Waals surface area contributed by atoms with Crippen LogP contribution in [0.15, 0.2) is 17.0 Å². The van der Waals surface area contributed by atoms with Gasteiger partial charge in [-0.05, 0) is 51.0 Å². The number of aryl methyl sites for hydroxylation is 1. The summed E-state index contributed by atoms with van der Waals surface area (Å²) in [5, 5.41) is 0. The smallest absolute Gasteiger partial charge is 0.243 e. The van der Waals surface area contributed by atoms with Gasteiger partial charge in [-0.15, -0.1) is 0 Å². The van der Waals surface area contributed by atoms with E-state index in [-0.39, 0.29) is 0 Å². The zero-order valence-corrected chi connectivity index (χ0v) is 14.1. The van der Waals surface area contributed by atoms with E-state index in [1.54, 1.807) is 10.4 Å². The van der Waals surface area contributed by atoms with E-state index in [4.69, 9.17) is 5.73 Å². The monoisotopic (exact) mass is 311 g/mol. The fraction of sp³-hybridized carbons (Fsp3) is 0.600. The average molecular weight is 311 g/mol. The Morgan fingerprint density at radius 3 is 2.19 bits per heavy atom. The molecule has 1 fully saturated rings. The minimum Gasteiger partial charge on any atom is -0.399 e. The standard InChI is InChI=1S/C15H25N3O2S/c1-11(2)17-5-7-18(8-6-17)21(19,20)15-10-14(16)9-12(3)13(15)4/h9-11H,5-8,16H2,1-4H3. The molecule has 2 N–H and O–H groups in total. The van der Waals surface area contributed by atoms with Gasteiger partial charge < -0.3 is 5.73 Å². The third-order valence-corrected chi connectivity index (χ3v) is 6.29. The lowest BCUT2D eigenvalue weighted by molar-refractivity contribution is 0.154. The van der Waals surface area contributed by atoms with Crippen LogP contribution in [0.25, 0.3) is 0 Å². The van der Waals surface area contributed by atoms with Gasteiger partial charge in [0.2, 0.25) is 10.0 Å². The number of anilines is 1. The molecule has 0 unspecified atom stereocenters. The van der Waals surface area contributed by atoms with E-state index in [1.807, 2.05) is 19.9 Å². The zero-order chi connectivity index (χ0) is 15.8. The minimum atomic E-state index is -3.46. The third-order valence-electron chi connectivity index (χ3n) is 4.26. The van der Waals surface area contributed by atoms with Crippen molar-refractivity contribution >= 4 is 15.7 Å². The maximum atomic E-state index is 12.8. The highest BCUT2D eigenvalue weighted by Gasteiger charge is 2.30. The summed E-state index contributed by atoms with van der Waals surface area (Å²) in [5.41, 5.74) is 8.02. The second kappa shape index (κ2) is 5.94. The Labute approximate surface area is 127 Å². The Morgan fingerprint density at radius 2 is 1.67 bits per heavy atom. The van der Waals surface area contributed by atoms with Gasteiger partial charge in [0.1, 0.15) is 0 Å². The highest BCUT2D eigenvalue weighted by atomic mass is 32.2. The number of nitrogens with two attached hydrogens (primary N) is 1. The minimum absolute atomic E-state index is 0.345. The van der Waals surface area contributed by atoms with Crippen LogP contribution in [0.1, 0.15) is 25.0 Å². The van der Waals surface area contributed by atoms with Crippen LogP contribution < -0.4 is 5.73 Å². The Bertz CT molecular complexity index is 618. The van der Waals surface area contributed by atoms with Crippen molar-refractivity contribution in [2.24, 2.45) is 0 Å². The lowest BCUT2D eigenvalue weighted by Gasteiger charge is -2.36. The van der Waals surface area contributed by atoms with Gasteiger partial charge in [-0.25, -0.2) is 8.42 Å². The predicted molar refractivity (Wildman–Crippen MR) is 85.8 cm³/mol. The fourth-order valence-corrected chi connectivity index (χ4v) is 4.48. The van der Waals surface area contributed by atoms with Crippen LogP contribution in [0.2, 0.25) is 0 Å². The first-order valence-corrected chi connectivity index (χ1v) is 8.78. The summed E-state index contributed by atoms with van der Waals surface area (Å²) in [6.45, 7) is 10.6. The largest absolute Gasteiger partial charge is 0.399 e. The number of nitrogens with zero attached hydrogens (tertiary/aromatic N) is 2. The molecule has 1 aromatic rings. The Balaban J connectivity index is 2.28. The van der Waals surface area contributed by atoms with E-state index in [1.165, 1.54) is 0 Å². The molecule has 21 heavy (non-hydrogen) atoms. The normalized spacial score (nSPS) is 18.3. The van der Waals surface area contributed by atoms with Crippen molar-refractivity contribution in [3.05, 3.63) is 23.3 Å². The number of sulfonamides is 1. The van der Waals surface area contributed by atoms with E-state index in [0.29, 0.717) is 29.7 Å². The first-order valence-electron chi connectivity index (χ1n) is 7.34. The lowest BCUT2D eigenvalue weighted by Crippen LogP contribution is -2.50. The summed E-state index contributed by atoms with van der Waals surface area (Å²) in [6, 6.07) is 3.84. The van der Waals surface area contributed by atoms with Gasteiger partial charge in [-0.2, -0.15) is 4.31 Å². The van der Waals surface area contributed by atoms with E-state index >= 15 is 0 Å². The summed E-state index contributed by atoms with van der Waals surface area (Å²) in [6.07, 6.45) is 0. The lowest BCUT2D eigenvalue weighted by atomic mass is 10.1. The molecule has 0 aliphatic carbocycles. The fourth-order valence-electron chi connectivity index (χ4n) is 2.72. The highest BCUT2D eigenvalue weighted by Crippen LogP contribution is 2.26. The van der Waals surface area contributed by atoms with Crippen LogP contribution in [0.4, 0.5) is 5.69 Å². The summed E-state index contributed by atoms with van der Waals surface area (Å²) < 4.78 is 27.3. The van der Waals surface area contributed by atoms with Crippen LogP contribution in [0.3, 0.4) is 0 Å². The molecule has 0 spiro atoms. The molecule has 1 aliphatic rings. The number of hydrogen-bond donors (Lipinski definition) is 1. The predicted octanol–water partition coefficient (Wildman–Crippen LogP) is 1.60. The number of nitrogen functional groups attached to an aromatic ring is 1. The molecule has 118 valence electrons. The van der Waals surface area contributed by atoms with Crippen molar-refractivity contribution in [3.63, 3.8) is 0 Å². The second-order valence-corrected chi connectivity index (χ2v) is 7.90. The number of benzene rings is 1. The van der Waals surface area contributed by atoms with E-state index in [0.717, 1.165) is 24.2 Å². The third kappa shape index (κ3) is 3.22. The van der Waals surface area contributed by atoms with Crippen LogP contribution in [-0.4, -0.2) is 49.8 Å². The molecule has 1 heterocycles. The van der Waals surface area contributed by atoms with E-state index in [2.05, 4.69) is 18.7 Å². The SMILES string of the molecule is Cc1cc(N)cc(S(=O)(=O)N2CCN(C(C)C)CC2)c1C. The molecule has 0 atom stereocenters. The van der Waals surface area contributed by atoms with Gasteiger partial charge in [0.05, 0.1) is 4.90 Å². The highest BCUT2D eigenvalue weighted by molar-refractivity contribution is 7.89. The van der Waals surface area contributed by atoms with E-state index < -0.39 is 10.0 Å². The molecule has 0 bridgehead atoms. The molecule has 6 heteroatoms. The van der Waals surface area contributed by atoms with Crippen molar-refractivity contribution in [3.8, 4) is 0 Å². The molecule has 1 saturated heterocycles. The molecule has 0 amide bonds. The first kappa shape index (κ1) is 16.3. The molecule has 5 nitrogen and oxygen atoms in total. The molecular weight excluding hydrogens is 286 g/mol. The van der Waals surface area contributed by atoms with Gasteiger partial charge in [0, 0.05) is 37.9 Å². The number of hydrogen-bond acceptors (Lipinski definition) is 4. The van der Waals surface area contributed by atoms with E-state index in [9.17, 15) is 8.42 Å². The maximum Gasteiger partial charge on any atom is 0.243 e. The number of piperazine rings is 1. The summed E-state index contributed by atoms with van der Waals surface area (Å²) in [5.74, 6) is 0. The van der Waals surface area contributed by atoms with Crippen molar-refractivity contribution in [2.45, 2.75) is 38.6 Å². The molecule has 0 saturated carbocycles. The molecule has 2 rings (SSSR count). The topological polar surface area (TPSA) is 66.6 Å². The zero-order valence-electron chi connectivity index (χ0n) is 13.3. The quantitative estimate of drug-likeness (QED) is 0.861. The van der Waals surface area contributed by atoms with Gasteiger partial charge in [0.15, 0.2) is 0 Å². The molecule has 0 aromatic heterocycles. The Kier molecular flexibility index (Phi) is 4.60. The summed E-state index contributed by atoms with van der Waals surface area (Å²) in [7, 11) is -3.46. The molecular formula is C15H25N3O2S. The van der Waals surface area contributed by atoms with Crippen LogP contribution in [0.5, 0.6) is 0 Å². The second-order valence-electron chi connectivity index (χ2n) is 5.99. The number of rotatable bonds is 3.